The molecule has 3 heteroatoms. The van der Waals surface area contributed by atoms with Crippen molar-refractivity contribution in [2.75, 3.05) is 18.0 Å². The maximum Gasteiger partial charge on any atom is 0.101 e. The molecule has 1 aromatic carbocycles. The lowest BCUT2D eigenvalue weighted by molar-refractivity contribution is 0.354. The smallest absolute Gasteiger partial charge is 0.101 e. The molecule has 1 aliphatic rings. The molecule has 0 aromatic heterocycles. The van der Waals surface area contributed by atoms with Crippen LogP contribution in [0.3, 0.4) is 0 Å². The number of nitrogens with zero attached hydrogens (tertiary/aromatic N) is 2. The molecule has 1 aromatic rings. The van der Waals surface area contributed by atoms with E-state index in [9.17, 15) is 5.26 Å². The van der Waals surface area contributed by atoms with Crippen molar-refractivity contribution in [3.05, 3.63) is 29.3 Å². The molecule has 0 bridgehead atoms. The second-order valence-corrected chi connectivity index (χ2v) is 5.32. The van der Waals surface area contributed by atoms with E-state index in [-0.39, 0.29) is 6.04 Å². The molecule has 1 heterocycles. The third-order valence-electron chi connectivity index (χ3n) is 3.90. The number of hydrogen-bond acceptors (Lipinski definition) is 3. The van der Waals surface area contributed by atoms with Crippen LogP contribution in [0.5, 0.6) is 0 Å². The fraction of sp³-hybridized carbons (Fsp3) is 0.533. The SMILES string of the molecule is Cc1ccc(C#N)c(N2CCC(C(C)N)CC2)c1. The van der Waals surface area contributed by atoms with E-state index < -0.39 is 0 Å². The number of rotatable bonds is 2. The standard InChI is InChI=1S/C15H21N3/c1-11-3-4-14(10-16)15(9-11)18-7-5-13(6-8-18)12(2)17/h3-4,9,12-13H,5-8,17H2,1-2H3. The third-order valence-corrected chi connectivity index (χ3v) is 3.90. The number of benzene rings is 1. The Balaban J connectivity index is 2.14. The molecule has 3 nitrogen and oxygen atoms in total. The molecule has 1 unspecified atom stereocenters. The van der Waals surface area contributed by atoms with Crippen LogP contribution >= 0.6 is 0 Å². The Morgan fingerprint density at radius 3 is 2.61 bits per heavy atom. The summed E-state index contributed by atoms with van der Waals surface area (Å²) in [6, 6.07) is 8.60. The van der Waals surface area contributed by atoms with Crippen LogP contribution in [0.1, 0.15) is 30.9 Å². The van der Waals surface area contributed by atoms with Gasteiger partial charge in [0, 0.05) is 19.1 Å². The van der Waals surface area contributed by atoms with Crippen molar-refractivity contribution in [3.63, 3.8) is 0 Å². The zero-order valence-corrected chi connectivity index (χ0v) is 11.2. The van der Waals surface area contributed by atoms with Gasteiger partial charge in [0.2, 0.25) is 0 Å². The fourth-order valence-electron chi connectivity index (χ4n) is 2.66. The van der Waals surface area contributed by atoms with Crippen molar-refractivity contribution < 1.29 is 0 Å². The fourth-order valence-corrected chi connectivity index (χ4v) is 2.66. The van der Waals surface area contributed by atoms with Gasteiger partial charge in [0.05, 0.1) is 11.3 Å². The van der Waals surface area contributed by atoms with Gasteiger partial charge in [-0.3, -0.25) is 0 Å². The molecule has 1 aliphatic heterocycles. The zero-order chi connectivity index (χ0) is 13.1. The highest BCUT2D eigenvalue weighted by Gasteiger charge is 2.23. The van der Waals surface area contributed by atoms with Crippen LogP contribution in [0.25, 0.3) is 0 Å². The van der Waals surface area contributed by atoms with Gasteiger partial charge in [-0.2, -0.15) is 5.26 Å². The first-order chi connectivity index (χ1) is 8.61. The second-order valence-electron chi connectivity index (χ2n) is 5.32. The summed E-state index contributed by atoms with van der Waals surface area (Å²) in [4.78, 5) is 2.32. The monoisotopic (exact) mass is 243 g/mol. The summed E-state index contributed by atoms with van der Waals surface area (Å²) >= 11 is 0. The summed E-state index contributed by atoms with van der Waals surface area (Å²) < 4.78 is 0. The quantitative estimate of drug-likeness (QED) is 0.868. The summed E-state index contributed by atoms with van der Waals surface area (Å²) in [5.74, 6) is 0.622. The normalized spacial score (nSPS) is 18.4. The number of piperidine rings is 1. The average Bonchev–Trinajstić information content (AvgIpc) is 2.39. The molecule has 1 atom stereocenters. The molecule has 96 valence electrons. The number of aryl methyl sites for hydroxylation is 1. The van der Waals surface area contributed by atoms with Crippen molar-refractivity contribution in [1.82, 2.24) is 0 Å². The van der Waals surface area contributed by atoms with Gasteiger partial charge in [0.15, 0.2) is 0 Å². The Labute approximate surface area is 109 Å². The van der Waals surface area contributed by atoms with E-state index in [0.29, 0.717) is 5.92 Å². The Morgan fingerprint density at radius 2 is 2.06 bits per heavy atom. The van der Waals surface area contributed by atoms with E-state index in [1.54, 1.807) is 0 Å². The predicted molar refractivity (Wildman–Crippen MR) is 74.5 cm³/mol. The minimum atomic E-state index is 0.278. The minimum absolute atomic E-state index is 0.278. The van der Waals surface area contributed by atoms with E-state index >= 15 is 0 Å². The summed E-state index contributed by atoms with van der Waals surface area (Å²) in [7, 11) is 0. The van der Waals surface area contributed by atoms with Crippen molar-refractivity contribution in [3.8, 4) is 6.07 Å². The molecule has 0 aliphatic carbocycles. The first-order valence-corrected chi connectivity index (χ1v) is 6.63. The highest BCUT2D eigenvalue weighted by Crippen LogP contribution is 2.27. The molecule has 0 amide bonds. The van der Waals surface area contributed by atoms with Gasteiger partial charge in [-0.1, -0.05) is 6.07 Å². The van der Waals surface area contributed by atoms with Crippen LogP contribution in [0, 0.1) is 24.2 Å². The van der Waals surface area contributed by atoms with E-state index in [0.717, 1.165) is 37.2 Å². The van der Waals surface area contributed by atoms with Gasteiger partial charge >= 0.3 is 0 Å². The molecule has 0 saturated carbocycles. The number of nitrogens with two attached hydrogens (primary N) is 1. The Kier molecular flexibility index (Phi) is 3.88. The molecule has 1 fully saturated rings. The summed E-state index contributed by atoms with van der Waals surface area (Å²) in [5.41, 5.74) is 9.03. The van der Waals surface area contributed by atoms with Crippen LogP contribution in [-0.4, -0.2) is 19.1 Å². The van der Waals surface area contributed by atoms with E-state index in [1.165, 1.54) is 5.56 Å². The molecule has 1 saturated heterocycles. The summed E-state index contributed by atoms with van der Waals surface area (Å²) in [5, 5.41) is 9.18. The highest BCUT2D eigenvalue weighted by molar-refractivity contribution is 5.60. The summed E-state index contributed by atoms with van der Waals surface area (Å²) in [6.07, 6.45) is 2.24. The molecular weight excluding hydrogens is 222 g/mol. The van der Waals surface area contributed by atoms with Crippen LogP contribution in [0.4, 0.5) is 5.69 Å². The maximum absolute atomic E-state index is 9.18. The van der Waals surface area contributed by atoms with Crippen LogP contribution in [0.15, 0.2) is 18.2 Å². The molecule has 18 heavy (non-hydrogen) atoms. The largest absolute Gasteiger partial charge is 0.370 e. The molecule has 0 spiro atoms. The first-order valence-electron chi connectivity index (χ1n) is 6.63. The topological polar surface area (TPSA) is 53.0 Å². The second kappa shape index (κ2) is 5.41. The Morgan fingerprint density at radius 1 is 1.39 bits per heavy atom. The van der Waals surface area contributed by atoms with Crippen molar-refractivity contribution in [1.29, 1.82) is 5.26 Å². The number of anilines is 1. The molecular formula is C15H21N3. The third kappa shape index (κ3) is 2.65. The van der Waals surface area contributed by atoms with Gasteiger partial charge in [-0.25, -0.2) is 0 Å². The molecule has 0 radical (unpaired) electrons. The van der Waals surface area contributed by atoms with Gasteiger partial charge in [0.25, 0.3) is 0 Å². The highest BCUT2D eigenvalue weighted by atomic mass is 15.1. The van der Waals surface area contributed by atoms with Gasteiger partial charge in [-0.15, -0.1) is 0 Å². The van der Waals surface area contributed by atoms with Crippen molar-refractivity contribution >= 4 is 5.69 Å². The van der Waals surface area contributed by atoms with Crippen molar-refractivity contribution in [2.45, 2.75) is 32.7 Å². The van der Waals surface area contributed by atoms with Gasteiger partial charge < -0.3 is 10.6 Å². The number of hydrogen-bond donors (Lipinski definition) is 1. The predicted octanol–water partition coefficient (Wildman–Crippen LogP) is 2.43. The van der Waals surface area contributed by atoms with Gasteiger partial charge in [-0.05, 0) is 50.3 Å². The molecule has 2 rings (SSSR count). The Bertz CT molecular complexity index is 451. The number of nitriles is 1. The lowest BCUT2D eigenvalue weighted by Gasteiger charge is -2.35. The van der Waals surface area contributed by atoms with Crippen LogP contribution < -0.4 is 10.6 Å². The molecule has 2 N–H and O–H groups in total. The minimum Gasteiger partial charge on any atom is -0.370 e. The van der Waals surface area contributed by atoms with Gasteiger partial charge in [0.1, 0.15) is 6.07 Å². The first kappa shape index (κ1) is 12.9. The lowest BCUT2D eigenvalue weighted by Crippen LogP contribution is -2.40. The van der Waals surface area contributed by atoms with E-state index in [1.807, 2.05) is 12.1 Å². The van der Waals surface area contributed by atoms with Crippen LogP contribution in [0.2, 0.25) is 0 Å². The van der Waals surface area contributed by atoms with Crippen molar-refractivity contribution in [2.24, 2.45) is 11.7 Å². The van der Waals surface area contributed by atoms with E-state index in [4.69, 9.17) is 5.73 Å². The van der Waals surface area contributed by atoms with Crippen LogP contribution in [-0.2, 0) is 0 Å². The maximum atomic E-state index is 9.18. The average molecular weight is 243 g/mol. The van der Waals surface area contributed by atoms with E-state index in [2.05, 4.69) is 30.9 Å². The lowest BCUT2D eigenvalue weighted by atomic mass is 9.90. The summed E-state index contributed by atoms with van der Waals surface area (Å²) in [6.45, 7) is 6.17. The Hall–Kier alpha value is -1.53. The zero-order valence-electron chi connectivity index (χ0n) is 11.2.